The second-order valence-electron chi connectivity index (χ2n) is 8.18. The minimum Gasteiger partial charge on any atom is -0.489 e. The number of anilines is 1. The van der Waals surface area contributed by atoms with Gasteiger partial charge >= 0.3 is 6.03 Å². The molecule has 1 unspecified atom stereocenters. The van der Waals surface area contributed by atoms with Gasteiger partial charge in [-0.2, -0.15) is 0 Å². The average molecular weight is 485 g/mol. The smallest absolute Gasteiger partial charge is 0.322 e. The van der Waals surface area contributed by atoms with Gasteiger partial charge in [0.15, 0.2) is 0 Å². The molecule has 0 aliphatic carbocycles. The molecule has 0 saturated carbocycles. The number of nitrogens with zero attached hydrogens (tertiary/aromatic N) is 1. The first-order chi connectivity index (χ1) is 15.8. The fourth-order valence-corrected chi connectivity index (χ4v) is 4.91. The van der Waals surface area contributed by atoms with Gasteiger partial charge in [0.25, 0.3) is 0 Å². The van der Waals surface area contributed by atoms with E-state index in [9.17, 15) is 13.2 Å². The maximum absolute atomic E-state index is 13.0. The minimum absolute atomic E-state index is 0.0683. The van der Waals surface area contributed by atoms with E-state index in [2.05, 4.69) is 5.32 Å². The van der Waals surface area contributed by atoms with Crippen LogP contribution in [-0.4, -0.2) is 33.0 Å². The third kappa shape index (κ3) is 5.31. The van der Waals surface area contributed by atoms with Crippen LogP contribution in [0.4, 0.5) is 10.5 Å². The van der Waals surface area contributed by atoms with Gasteiger partial charge in [0.05, 0.1) is 11.3 Å². The molecule has 3 aromatic rings. The quantitative estimate of drug-likeness (QED) is 0.499. The lowest BCUT2D eigenvalue weighted by molar-refractivity contribution is 0.250. The summed E-state index contributed by atoms with van der Waals surface area (Å²) in [7, 11) is -3.26. The number of carbonyl (C=O) groups excluding carboxylic acids is 1. The van der Waals surface area contributed by atoms with Gasteiger partial charge in [-0.3, -0.25) is 4.90 Å². The van der Waals surface area contributed by atoms with E-state index in [4.69, 9.17) is 16.3 Å². The molecule has 33 heavy (non-hydrogen) atoms. The molecule has 1 saturated heterocycles. The molecule has 4 rings (SSSR count). The number of carbonyl (C=O) groups is 1. The molecule has 1 aliphatic heterocycles. The number of sulfone groups is 1. The molecule has 6 nitrogen and oxygen atoms in total. The monoisotopic (exact) mass is 484 g/mol. The standard InChI is InChI=1S/C25H25ClN2O4S/c1-33(30,31)15-14-25(18-27-24(29)28(25)22-12-10-21(26)11-13-22)20-8-5-9-23(16-20)32-17-19-6-3-2-4-7-19/h2-13,16H,14-15,17-18H2,1H3,(H,27,29). The first-order valence-electron chi connectivity index (χ1n) is 10.6. The highest BCUT2D eigenvalue weighted by molar-refractivity contribution is 7.90. The zero-order valence-corrected chi connectivity index (χ0v) is 19.8. The number of ether oxygens (including phenoxy) is 1. The lowest BCUT2D eigenvalue weighted by atomic mass is 9.86. The Hall–Kier alpha value is -3.03. The number of hydrogen-bond donors (Lipinski definition) is 1. The Morgan fingerprint density at radius 2 is 1.76 bits per heavy atom. The second kappa shape index (κ2) is 9.45. The van der Waals surface area contributed by atoms with E-state index in [0.717, 1.165) is 11.1 Å². The fraction of sp³-hybridized carbons (Fsp3) is 0.240. The predicted octanol–water partition coefficient (Wildman–Crippen LogP) is 4.78. The van der Waals surface area contributed by atoms with Crippen LogP contribution in [0.15, 0.2) is 78.9 Å². The normalized spacial score (nSPS) is 18.2. The molecular weight excluding hydrogens is 460 g/mol. The lowest BCUT2D eigenvalue weighted by Crippen LogP contribution is -2.46. The zero-order chi connectivity index (χ0) is 23.5. The van der Waals surface area contributed by atoms with Gasteiger partial charge in [0.1, 0.15) is 22.2 Å². The van der Waals surface area contributed by atoms with Crippen LogP contribution < -0.4 is 15.0 Å². The second-order valence-corrected chi connectivity index (χ2v) is 10.9. The van der Waals surface area contributed by atoms with Crippen molar-refractivity contribution in [2.24, 2.45) is 0 Å². The third-order valence-electron chi connectivity index (χ3n) is 5.75. The van der Waals surface area contributed by atoms with E-state index >= 15 is 0 Å². The van der Waals surface area contributed by atoms with Gasteiger partial charge in [0, 0.05) is 23.5 Å². The highest BCUT2D eigenvalue weighted by Crippen LogP contribution is 2.41. The van der Waals surface area contributed by atoms with Crippen LogP contribution in [0.3, 0.4) is 0 Å². The predicted molar refractivity (Wildman–Crippen MR) is 131 cm³/mol. The van der Waals surface area contributed by atoms with Gasteiger partial charge in [-0.05, 0) is 53.9 Å². The van der Waals surface area contributed by atoms with Crippen LogP contribution in [0.2, 0.25) is 5.02 Å². The summed E-state index contributed by atoms with van der Waals surface area (Å²) in [5.74, 6) is 0.576. The van der Waals surface area contributed by atoms with E-state index in [1.165, 1.54) is 6.26 Å². The van der Waals surface area contributed by atoms with Gasteiger partial charge in [-0.25, -0.2) is 13.2 Å². The third-order valence-corrected chi connectivity index (χ3v) is 6.95. The molecule has 2 amide bonds. The summed E-state index contributed by atoms with van der Waals surface area (Å²) in [6.45, 7) is 0.671. The maximum atomic E-state index is 13.0. The van der Waals surface area contributed by atoms with Crippen molar-refractivity contribution < 1.29 is 17.9 Å². The number of benzene rings is 3. The number of urea groups is 1. The van der Waals surface area contributed by atoms with Crippen LogP contribution in [-0.2, 0) is 22.0 Å². The summed E-state index contributed by atoms with van der Waals surface area (Å²) in [6, 6.07) is 24.0. The topological polar surface area (TPSA) is 75.7 Å². The van der Waals surface area contributed by atoms with E-state index in [0.29, 0.717) is 23.1 Å². The Labute approximate surface area is 199 Å². The highest BCUT2D eigenvalue weighted by Gasteiger charge is 2.48. The first-order valence-corrected chi connectivity index (χ1v) is 13.0. The summed E-state index contributed by atoms with van der Waals surface area (Å²) < 4.78 is 30.2. The molecule has 1 fully saturated rings. The summed E-state index contributed by atoms with van der Waals surface area (Å²) >= 11 is 6.05. The van der Waals surface area contributed by atoms with Crippen LogP contribution in [0.1, 0.15) is 17.5 Å². The Morgan fingerprint density at radius 3 is 2.45 bits per heavy atom. The van der Waals surface area contributed by atoms with Crippen molar-refractivity contribution in [3.63, 3.8) is 0 Å². The minimum atomic E-state index is -3.26. The van der Waals surface area contributed by atoms with Crippen molar-refractivity contribution in [3.8, 4) is 5.75 Å². The summed E-state index contributed by atoms with van der Waals surface area (Å²) in [5, 5.41) is 3.46. The molecule has 1 atom stereocenters. The van der Waals surface area contributed by atoms with Crippen LogP contribution in [0.25, 0.3) is 0 Å². The Kier molecular flexibility index (Phi) is 6.63. The summed E-state index contributed by atoms with van der Waals surface area (Å²) in [4.78, 5) is 14.6. The number of hydrogen-bond acceptors (Lipinski definition) is 4. The molecule has 0 radical (unpaired) electrons. The SMILES string of the molecule is CS(=O)(=O)CCC1(c2cccc(OCc3ccccc3)c2)CNC(=O)N1c1ccc(Cl)cc1. The lowest BCUT2D eigenvalue weighted by Gasteiger charge is -2.38. The number of rotatable bonds is 8. The summed E-state index contributed by atoms with van der Waals surface area (Å²) in [5.41, 5.74) is 1.57. The van der Waals surface area contributed by atoms with Crippen LogP contribution in [0, 0.1) is 0 Å². The van der Waals surface area contributed by atoms with Crippen molar-refractivity contribution in [2.75, 3.05) is 23.5 Å². The van der Waals surface area contributed by atoms with Crippen LogP contribution in [0.5, 0.6) is 5.75 Å². The Balaban J connectivity index is 1.72. The Bertz CT molecular complexity index is 1230. The van der Waals surface area contributed by atoms with E-state index in [-0.39, 0.29) is 24.7 Å². The van der Waals surface area contributed by atoms with E-state index in [1.54, 1.807) is 29.2 Å². The van der Waals surface area contributed by atoms with E-state index in [1.807, 2.05) is 54.6 Å². The molecule has 0 aromatic heterocycles. The molecular formula is C25H25ClN2O4S. The first kappa shape index (κ1) is 23.1. The molecule has 1 aliphatic rings. The molecule has 3 aromatic carbocycles. The Morgan fingerprint density at radius 1 is 1.03 bits per heavy atom. The molecule has 1 heterocycles. The van der Waals surface area contributed by atoms with Crippen molar-refractivity contribution in [1.82, 2.24) is 5.32 Å². The zero-order valence-electron chi connectivity index (χ0n) is 18.2. The largest absolute Gasteiger partial charge is 0.489 e. The van der Waals surface area contributed by atoms with Gasteiger partial charge in [-0.15, -0.1) is 0 Å². The van der Waals surface area contributed by atoms with Crippen molar-refractivity contribution in [2.45, 2.75) is 18.6 Å². The summed E-state index contributed by atoms with van der Waals surface area (Å²) in [6.07, 6.45) is 1.44. The van der Waals surface area contributed by atoms with Crippen molar-refractivity contribution >= 4 is 33.2 Å². The number of halogens is 1. The van der Waals surface area contributed by atoms with Gasteiger partial charge in [0.2, 0.25) is 0 Å². The van der Waals surface area contributed by atoms with Gasteiger partial charge < -0.3 is 10.1 Å². The molecule has 8 heteroatoms. The van der Waals surface area contributed by atoms with Gasteiger partial charge in [-0.1, -0.05) is 54.1 Å². The number of nitrogens with one attached hydrogen (secondary N) is 1. The van der Waals surface area contributed by atoms with Crippen LogP contribution >= 0.6 is 11.6 Å². The highest BCUT2D eigenvalue weighted by atomic mass is 35.5. The van der Waals surface area contributed by atoms with Crippen molar-refractivity contribution in [3.05, 3.63) is 95.0 Å². The average Bonchev–Trinajstić information content (AvgIpc) is 3.15. The molecule has 0 spiro atoms. The number of amides is 2. The molecule has 1 N–H and O–H groups in total. The maximum Gasteiger partial charge on any atom is 0.322 e. The van der Waals surface area contributed by atoms with E-state index < -0.39 is 15.4 Å². The molecule has 172 valence electrons. The fourth-order valence-electron chi connectivity index (χ4n) is 4.08. The molecule has 0 bridgehead atoms. The van der Waals surface area contributed by atoms with Crippen molar-refractivity contribution in [1.29, 1.82) is 0 Å².